The van der Waals surface area contributed by atoms with Crippen LogP contribution in [0.2, 0.25) is 0 Å². The molecule has 0 fully saturated rings. The molecule has 1 heteroatoms. The number of furan rings is 1. The Morgan fingerprint density at radius 2 is 0.509 bits per heavy atom. The van der Waals surface area contributed by atoms with Gasteiger partial charge in [-0.3, -0.25) is 0 Å². The Hall–Kier alpha value is -13.2. The molecular formula is C109H76O. The van der Waals surface area contributed by atoms with Crippen molar-refractivity contribution in [3.8, 4) is 100 Å². The Morgan fingerprint density at radius 3 is 0.982 bits per heavy atom. The van der Waals surface area contributed by atoms with Gasteiger partial charge in [-0.25, -0.2) is 0 Å². The zero-order valence-electron chi connectivity index (χ0n) is 62.4. The Bertz CT molecular complexity index is 7220. The summed E-state index contributed by atoms with van der Waals surface area (Å²) in [5.74, 6) is 0. The van der Waals surface area contributed by atoms with Crippen LogP contribution in [0.4, 0.5) is 0 Å². The van der Waals surface area contributed by atoms with Gasteiger partial charge in [-0.2, -0.15) is 0 Å². The molecular weight excluding hydrogens is 1330 g/mol. The second kappa shape index (κ2) is 23.9. The van der Waals surface area contributed by atoms with E-state index < -0.39 is 0 Å². The molecule has 0 bridgehead atoms. The summed E-state index contributed by atoms with van der Waals surface area (Å²) in [7, 11) is 0. The van der Waals surface area contributed by atoms with Crippen LogP contribution in [0.25, 0.3) is 197 Å². The molecule has 3 aliphatic rings. The normalized spacial score (nSPS) is 13.9. The van der Waals surface area contributed by atoms with E-state index in [4.69, 9.17) is 4.42 Å². The smallest absolute Gasteiger partial charge is 0.136 e. The maximum atomic E-state index is 6.41. The van der Waals surface area contributed by atoms with E-state index in [0.29, 0.717) is 0 Å². The first-order valence-corrected chi connectivity index (χ1v) is 38.9. The van der Waals surface area contributed by atoms with Gasteiger partial charge in [-0.05, 0) is 257 Å². The first kappa shape index (κ1) is 64.0. The largest absolute Gasteiger partial charge is 0.456 e. The van der Waals surface area contributed by atoms with Gasteiger partial charge < -0.3 is 4.42 Å². The molecule has 1 heterocycles. The summed E-state index contributed by atoms with van der Waals surface area (Å²) in [6, 6.07) is 131. The van der Waals surface area contributed by atoms with Crippen LogP contribution < -0.4 is 0 Å². The minimum Gasteiger partial charge on any atom is -0.456 e. The molecule has 0 atom stereocenters. The van der Waals surface area contributed by atoms with Crippen LogP contribution in [-0.4, -0.2) is 0 Å². The molecule has 0 radical (unpaired) electrons. The van der Waals surface area contributed by atoms with E-state index in [2.05, 4.69) is 393 Å². The van der Waals surface area contributed by atoms with Gasteiger partial charge in [0.25, 0.3) is 0 Å². The predicted octanol–water partition coefficient (Wildman–Crippen LogP) is 30.3. The molecule has 3 aliphatic carbocycles. The zero-order chi connectivity index (χ0) is 73.5. The van der Waals surface area contributed by atoms with Crippen molar-refractivity contribution in [3.63, 3.8) is 0 Å². The van der Waals surface area contributed by atoms with Crippen molar-refractivity contribution in [2.45, 2.75) is 57.8 Å². The molecule has 19 aromatic carbocycles. The topological polar surface area (TPSA) is 13.1 Å². The summed E-state index contributed by atoms with van der Waals surface area (Å²) < 4.78 is 6.41. The van der Waals surface area contributed by atoms with Crippen LogP contribution >= 0.6 is 0 Å². The van der Waals surface area contributed by atoms with E-state index in [0.717, 1.165) is 16.6 Å². The summed E-state index contributed by atoms with van der Waals surface area (Å²) in [6.07, 6.45) is 0. The minimum atomic E-state index is -0.120. The number of hydrogen-bond acceptors (Lipinski definition) is 1. The molecule has 0 unspecified atom stereocenters. The third kappa shape index (κ3) is 9.41. The van der Waals surface area contributed by atoms with Crippen LogP contribution in [0, 0.1) is 0 Å². The zero-order valence-corrected chi connectivity index (χ0v) is 62.4. The Morgan fingerprint density at radius 1 is 0.182 bits per heavy atom. The molecule has 0 amide bonds. The summed E-state index contributed by atoms with van der Waals surface area (Å²) in [5, 5.41) is 20.1. The van der Waals surface area contributed by atoms with Crippen molar-refractivity contribution in [2.24, 2.45) is 0 Å². The molecule has 0 saturated carbocycles. The number of fused-ring (bicyclic) bond motifs is 20. The summed E-state index contributed by atoms with van der Waals surface area (Å²) >= 11 is 0. The Labute approximate surface area is 640 Å². The SMILES string of the molecule is CC1(C)c2cc3ccccc3cc2-c2cccc(-c3ccc(-c4c5ccccc5c(-c5ccc6oc7ccc8ccccc8c7c6c5)c5ccccc45)cc3)c21.CC1(C)c2ccccc2-c2ccc(-c3c4ccccc4c(-c4ccc(-c5cccc6c5C(C)(C)c5cc7ccccc7cc5-6)cc4)c4ccccc34)cc21. The molecule has 0 spiro atoms. The van der Waals surface area contributed by atoms with E-state index in [1.807, 2.05) is 0 Å². The van der Waals surface area contributed by atoms with Crippen LogP contribution in [0.5, 0.6) is 0 Å². The van der Waals surface area contributed by atoms with Crippen LogP contribution in [-0.2, 0) is 16.2 Å². The van der Waals surface area contributed by atoms with Gasteiger partial charge >= 0.3 is 0 Å². The fourth-order valence-corrected chi connectivity index (χ4v) is 20.3. The predicted molar refractivity (Wildman–Crippen MR) is 468 cm³/mol. The second-order valence-electron chi connectivity index (χ2n) is 32.4. The minimum absolute atomic E-state index is 0.0553. The first-order valence-electron chi connectivity index (χ1n) is 38.9. The van der Waals surface area contributed by atoms with Crippen molar-refractivity contribution < 1.29 is 4.42 Å². The Balaban J connectivity index is 0.000000136. The van der Waals surface area contributed by atoms with Gasteiger partial charge in [0.2, 0.25) is 0 Å². The summed E-state index contributed by atoms with van der Waals surface area (Å²) in [5.41, 5.74) is 33.3. The quantitative estimate of drug-likeness (QED) is 0.151. The van der Waals surface area contributed by atoms with Crippen molar-refractivity contribution >= 4 is 97.3 Å². The highest BCUT2D eigenvalue weighted by molar-refractivity contribution is 6.25. The molecule has 1 nitrogen and oxygen atoms in total. The fourth-order valence-electron chi connectivity index (χ4n) is 20.3. The lowest BCUT2D eigenvalue weighted by molar-refractivity contribution is 0.660. The highest BCUT2D eigenvalue weighted by Gasteiger charge is 2.40. The standard InChI is InChI=1S/C55H36O.C54H40/c1-55(2)48-32-37-14-4-3-13-36(37)30-46(48)45-21-11-20-40(54(45)55)34-22-24-35(25-23-34)51-41-16-7-9-18-43(41)52(44-19-10-8-17-42(44)51)38-27-28-49-47(31-38)53-39-15-6-5-12-33(39)26-29-50(53)56-49;1-53(2)47-23-12-11-16-39(47)40-29-28-37(32-48(40)53)51-43-19-9-7-17-41(43)50(42-18-8-10-20-44(42)51)34-26-24-33(25-27-34)38-21-13-22-45-46-30-35-14-5-6-15-36(35)31-49(46)54(3,4)52(38)45/h3-32H,1-2H3;5-32H,1-4H3. The monoisotopic (exact) mass is 1400 g/mol. The van der Waals surface area contributed by atoms with E-state index in [9.17, 15) is 0 Å². The molecule has 23 rings (SSSR count). The highest BCUT2D eigenvalue weighted by atomic mass is 16.3. The number of hydrogen-bond donors (Lipinski definition) is 0. The van der Waals surface area contributed by atoms with E-state index in [1.165, 1.54) is 214 Å². The summed E-state index contributed by atoms with van der Waals surface area (Å²) in [4.78, 5) is 0. The third-order valence-electron chi connectivity index (χ3n) is 25.4. The van der Waals surface area contributed by atoms with Crippen LogP contribution in [0.3, 0.4) is 0 Å². The van der Waals surface area contributed by atoms with E-state index in [1.54, 1.807) is 0 Å². The lowest BCUT2D eigenvalue weighted by atomic mass is 9.78. The van der Waals surface area contributed by atoms with Crippen LogP contribution in [0.1, 0.15) is 74.9 Å². The van der Waals surface area contributed by atoms with Crippen molar-refractivity contribution in [1.82, 2.24) is 0 Å². The van der Waals surface area contributed by atoms with Gasteiger partial charge in [0, 0.05) is 27.0 Å². The van der Waals surface area contributed by atoms with Crippen molar-refractivity contribution in [1.29, 1.82) is 0 Å². The van der Waals surface area contributed by atoms with Gasteiger partial charge in [0.05, 0.1) is 0 Å². The molecule has 20 aromatic rings. The lowest BCUT2D eigenvalue weighted by Crippen LogP contribution is -2.16. The van der Waals surface area contributed by atoms with Crippen molar-refractivity contribution in [2.75, 3.05) is 0 Å². The molecule has 0 N–H and O–H groups in total. The molecule has 518 valence electrons. The maximum absolute atomic E-state index is 6.41. The number of benzene rings is 19. The Kier molecular flexibility index (Phi) is 13.9. The average Bonchev–Trinajstić information content (AvgIpc) is 1.59. The third-order valence-corrected chi connectivity index (χ3v) is 25.4. The number of rotatable bonds is 6. The van der Waals surface area contributed by atoms with E-state index >= 15 is 0 Å². The van der Waals surface area contributed by atoms with Gasteiger partial charge in [0.1, 0.15) is 11.2 Å². The molecule has 0 saturated heterocycles. The summed E-state index contributed by atoms with van der Waals surface area (Å²) in [6.45, 7) is 14.3. The lowest BCUT2D eigenvalue weighted by Gasteiger charge is -2.25. The van der Waals surface area contributed by atoms with Gasteiger partial charge in [-0.15, -0.1) is 0 Å². The van der Waals surface area contributed by atoms with Gasteiger partial charge in [0.15, 0.2) is 0 Å². The fraction of sp³-hybridized carbons (Fsp3) is 0.0826. The van der Waals surface area contributed by atoms with Crippen molar-refractivity contribution in [3.05, 3.63) is 385 Å². The molecule has 1 aromatic heterocycles. The van der Waals surface area contributed by atoms with E-state index in [-0.39, 0.29) is 16.2 Å². The highest BCUT2D eigenvalue weighted by Crippen LogP contribution is 2.57. The van der Waals surface area contributed by atoms with Crippen LogP contribution in [0.15, 0.2) is 356 Å². The molecule has 110 heavy (non-hydrogen) atoms. The average molecular weight is 1400 g/mol. The van der Waals surface area contributed by atoms with Gasteiger partial charge in [-0.1, -0.05) is 345 Å². The maximum Gasteiger partial charge on any atom is 0.136 e. The molecule has 0 aliphatic heterocycles. The second-order valence-corrected chi connectivity index (χ2v) is 32.4. The first-order chi connectivity index (χ1) is 53.8.